The van der Waals surface area contributed by atoms with Crippen molar-refractivity contribution in [3.05, 3.63) is 29.6 Å². The van der Waals surface area contributed by atoms with Crippen molar-refractivity contribution in [1.29, 1.82) is 0 Å². The summed E-state index contributed by atoms with van der Waals surface area (Å²) >= 11 is 0. The van der Waals surface area contributed by atoms with Gasteiger partial charge in [0.25, 0.3) is 0 Å². The highest BCUT2D eigenvalue weighted by molar-refractivity contribution is 5.94. The van der Waals surface area contributed by atoms with Crippen LogP contribution >= 0.6 is 0 Å². The minimum atomic E-state index is -0.621. The van der Waals surface area contributed by atoms with Crippen molar-refractivity contribution in [2.75, 3.05) is 12.4 Å². The fourth-order valence-corrected chi connectivity index (χ4v) is 1.52. The van der Waals surface area contributed by atoms with Crippen molar-refractivity contribution in [3.8, 4) is 0 Å². The van der Waals surface area contributed by atoms with Crippen LogP contribution in [0.1, 0.15) is 30.6 Å². The van der Waals surface area contributed by atoms with Gasteiger partial charge in [0.2, 0.25) is 5.91 Å². The number of halogens is 1. The summed E-state index contributed by atoms with van der Waals surface area (Å²) in [5, 5.41) is 2.41. The zero-order chi connectivity index (χ0) is 15.3. The topological polar surface area (TPSA) is 81.4 Å². The van der Waals surface area contributed by atoms with Crippen LogP contribution in [0.15, 0.2) is 18.2 Å². The normalized spacial score (nSPS) is 12.1. The van der Waals surface area contributed by atoms with Gasteiger partial charge < -0.3 is 15.8 Å². The molecule has 1 aromatic rings. The maximum Gasteiger partial charge on any atom is 0.337 e. The molecule has 0 aliphatic heterocycles. The average Bonchev–Trinajstić information content (AvgIpc) is 2.40. The fraction of sp³-hybridized carbons (Fsp3) is 0.429. The van der Waals surface area contributed by atoms with Crippen LogP contribution in [0.2, 0.25) is 0 Å². The van der Waals surface area contributed by atoms with E-state index < -0.39 is 17.7 Å². The van der Waals surface area contributed by atoms with Gasteiger partial charge in [-0.15, -0.1) is 0 Å². The molecule has 1 amide bonds. The SMILES string of the molecule is COC(=O)c1ccc(F)c(NC(=O)CC(N)C(C)C)c1. The summed E-state index contributed by atoms with van der Waals surface area (Å²) in [5.74, 6) is -1.47. The first kappa shape index (κ1) is 16.1. The van der Waals surface area contributed by atoms with Crippen molar-refractivity contribution in [1.82, 2.24) is 0 Å². The Kier molecular flexibility index (Phi) is 5.64. The highest BCUT2D eigenvalue weighted by atomic mass is 19.1. The Morgan fingerprint density at radius 2 is 2.05 bits per heavy atom. The third kappa shape index (κ3) is 4.31. The molecule has 1 atom stereocenters. The molecule has 1 unspecified atom stereocenters. The van der Waals surface area contributed by atoms with Gasteiger partial charge in [-0.1, -0.05) is 13.8 Å². The number of anilines is 1. The molecule has 20 heavy (non-hydrogen) atoms. The van der Waals surface area contributed by atoms with Gasteiger partial charge in [0, 0.05) is 12.5 Å². The van der Waals surface area contributed by atoms with Gasteiger partial charge in [0.05, 0.1) is 18.4 Å². The molecule has 5 nitrogen and oxygen atoms in total. The molecule has 0 aromatic heterocycles. The van der Waals surface area contributed by atoms with E-state index in [0.717, 1.165) is 6.07 Å². The van der Waals surface area contributed by atoms with Crippen molar-refractivity contribution in [2.24, 2.45) is 11.7 Å². The van der Waals surface area contributed by atoms with Crippen molar-refractivity contribution >= 4 is 17.6 Å². The number of carbonyl (C=O) groups is 2. The maximum atomic E-state index is 13.6. The number of rotatable bonds is 5. The fourth-order valence-electron chi connectivity index (χ4n) is 1.52. The average molecular weight is 282 g/mol. The molecule has 0 fully saturated rings. The summed E-state index contributed by atoms with van der Waals surface area (Å²) in [6, 6.07) is 3.32. The number of amides is 1. The second kappa shape index (κ2) is 7.00. The molecule has 0 saturated carbocycles. The highest BCUT2D eigenvalue weighted by Gasteiger charge is 2.16. The predicted molar refractivity (Wildman–Crippen MR) is 73.8 cm³/mol. The van der Waals surface area contributed by atoms with Crippen molar-refractivity contribution < 1.29 is 18.7 Å². The monoisotopic (exact) mass is 282 g/mol. The molecule has 3 N–H and O–H groups in total. The zero-order valence-corrected chi connectivity index (χ0v) is 11.8. The number of methoxy groups -OCH3 is 1. The van der Waals surface area contributed by atoms with Gasteiger partial charge in [0.1, 0.15) is 5.82 Å². The third-order valence-electron chi connectivity index (χ3n) is 2.94. The Labute approximate surface area is 117 Å². The number of nitrogens with two attached hydrogens (primary N) is 1. The van der Waals surface area contributed by atoms with Crippen LogP contribution in [0.3, 0.4) is 0 Å². The summed E-state index contributed by atoms with van der Waals surface area (Å²) < 4.78 is 18.1. The Hall–Kier alpha value is -1.95. The molecule has 0 bridgehead atoms. The number of ether oxygens (including phenoxy) is 1. The smallest absolute Gasteiger partial charge is 0.337 e. The highest BCUT2D eigenvalue weighted by Crippen LogP contribution is 2.17. The lowest BCUT2D eigenvalue weighted by Crippen LogP contribution is -2.31. The lowest BCUT2D eigenvalue weighted by atomic mass is 10.0. The quantitative estimate of drug-likeness (QED) is 0.808. The second-order valence-electron chi connectivity index (χ2n) is 4.85. The van der Waals surface area contributed by atoms with E-state index in [1.807, 2.05) is 13.8 Å². The molecular weight excluding hydrogens is 263 g/mol. The number of nitrogens with one attached hydrogen (secondary N) is 1. The molecule has 0 aliphatic rings. The summed E-state index contributed by atoms with van der Waals surface area (Å²) in [4.78, 5) is 23.1. The molecule has 1 rings (SSSR count). The van der Waals surface area contributed by atoms with Crippen LogP contribution in [0.4, 0.5) is 10.1 Å². The number of hydrogen-bond acceptors (Lipinski definition) is 4. The first-order chi connectivity index (χ1) is 9.35. The molecule has 1 aromatic carbocycles. The summed E-state index contributed by atoms with van der Waals surface area (Å²) in [6.45, 7) is 3.80. The summed E-state index contributed by atoms with van der Waals surface area (Å²) in [6.07, 6.45) is 0.0829. The molecule has 0 saturated heterocycles. The Balaban J connectivity index is 2.81. The molecule has 0 heterocycles. The first-order valence-corrected chi connectivity index (χ1v) is 6.28. The summed E-state index contributed by atoms with van der Waals surface area (Å²) in [5.41, 5.74) is 5.88. The van der Waals surface area contributed by atoms with E-state index in [9.17, 15) is 14.0 Å². The van der Waals surface area contributed by atoms with Crippen LogP contribution in [-0.2, 0) is 9.53 Å². The van der Waals surface area contributed by atoms with E-state index in [1.54, 1.807) is 0 Å². The second-order valence-corrected chi connectivity index (χ2v) is 4.85. The van der Waals surface area contributed by atoms with Gasteiger partial charge >= 0.3 is 5.97 Å². The Morgan fingerprint density at radius 1 is 1.40 bits per heavy atom. The Bertz CT molecular complexity index is 503. The molecule has 0 aliphatic carbocycles. The van der Waals surface area contributed by atoms with Gasteiger partial charge in [-0.3, -0.25) is 4.79 Å². The van der Waals surface area contributed by atoms with Crippen LogP contribution < -0.4 is 11.1 Å². The van der Waals surface area contributed by atoms with E-state index in [1.165, 1.54) is 19.2 Å². The number of benzene rings is 1. The van der Waals surface area contributed by atoms with E-state index in [-0.39, 0.29) is 29.6 Å². The first-order valence-electron chi connectivity index (χ1n) is 6.28. The van der Waals surface area contributed by atoms with E-state index in [2.05, 4.69) is 10.1 Å². The van der Waals surface area contributed by atoms with Gasteiger partial charge in [-0.25, -0.2) is 9.18 Å². The number of esters is 1. The van der Waals surface area contributed by atoms with Crippen LogP contribution in [0, 0.1) is 11.7 Å². The van der Waals surface area contributed by atoms with Crippen molar-refractivity contribution in [3.63, 3.8) is 0 Å². The predicted octanol–water partition coefficient (Wildman–Crippen LogP) is 1.92. The minimum absolute atomic E-state index is 0.0612. The van der Waals surface area contributed by atoms with Gasteiger partial charge in [-0.05, 0) is 24.1 Å². The minimum Gasteiger partial charge on any atom is -0.465 e. The lowest BCUT2D eigenvalue weighted by Gasteiger charge is -2.15. The molecular formula is C14H19FN2O3. The van der Waals surface area contributed by atoms with E-state index in [4.69, 9.17) is 5.73 Å². The third-order valence-corrected chi connectivity index (χ3v) is 2.94. The Morgan fingerprint density at radius 3 is 2.60 bits per heavy atom. The maximum absolute atomic E-state index is 13.6. The summed E-state index contributed by atoms with van der Waals surface area (Å²) in [7, 11) is 1.23. The standard InChI is InChI=1S/C14H19FN2O3/c1-8(2)11(16)7-13(18)17-12-6-9(14(19)20-3)4-5-10(12)15/h4-6,8,11H,7,16H2,1-3H3,(H,17,18). The lowest BCUT2D eigenvalue weighted by molar-refractivity contribution is -0.116. The van der Waals surface area contributed by atoms with Crippen molar-refractivity contribution in [2.45, 2.75) is 26.3 Å². The van der Waals surface area contributed by atoms with E-state index >= 15 is 0 Å². The molecule has 110 valence electrons. The number of hydrogen-bond donors (Lipinski definition) is 2. The molecule has 6 heteroatoms. The molecule has 0 spiro atoms. The van der Waals surface area contributed by atoms with Crippen LogP contribution in [0.25, 0.3) is 0 Å². The van der Waals surface area contributed by atoms with E-state index in [0.29, 0.717) is 0 Å². The van der Waals surface area contributed by atoms with Gasteiger partial charge in [-0.2, -0.15) is 0 Å². The van der Waals surface area contributed by atoms with Crippen LogP contribution in [0.5, 0.6) is 0 Å². The van der Waals surface area contributed by atoms with Gasteiger partial charge in [0.15, 0.2) is 0 Å². The van der Waals surface area contributed by atoms with Crippen LogP contribution in [-0.4, -0.2) is 25.0 Å². The zero-order valence-electron chi connectivity index (χ0n) is 11.8. The number of carbonyl (C=O) groups excluding carboxylic acids is 2. The largest absolute Gasteiger partial charge is 0.465 e. The molecule has 0 radical (unpaired) electrons.